The van der Waals surface area contributed by atoms with E-state index in [2.05, 4.69) is 20.3 Å². The Morgan fingerprint density at radius 1 is 1.41 bits per heavy atom. The molecule has 6 nitrogen and oxygen atoms in total. The van der Waals surface area contributed by atoms with Gasteiger partial charge in [0.2, 0.25) is 5.91 Å². The maximum atomic E-state index is 12.2. The lowest BCUT2D eigenvalue weighted by molar-refractivity contribution is -0.130. The minimum atomic E-state index is -0.845. The molecular formula is C16H18N4O2. The molecule has 1 aromatic carbocycles. The summed E-state index contributed by atoms with van der Waals surface area (Å²) in [6.07, 6.45) is 1.84. The Morgan fingerprint density at radius 3 is 2.91 bits per heavy atom. The Bertz CT molecular complexity index is 753. The first-order valence-electron chi connectivity index (χ1n) is 7.14. The van der Waals surface area contributed by atoms with Gasteiger partial charge in [-0.25, -0.2) is 4.98 Å². The quantitative estimate of drug-likeness (QED) is 0.796. The fourth-order valence-electron chi connectivity index (χ4n) is 2.15. The molecule has 1 aliphatic heterocycles. The van der Waals surface area contributed by atoms with Crippen molar-refractivity contribution in [2.75, 3.05) is 13.2 Å². The van der Waals surface area contributed by atoms with E-state index < -0.39 is 5.41 Å². The van der Waals surface area contributed by atoms with Crippen molar-refractivity contribution in [1.29, 1.82) is 0 Å². The third-order valence-electron chi connectivity index (χ3n) is 3.67. The smallest absolute Gasteiger partial charge is 0.232 e. The molecule has 3 rings (SSSR count). The average molecular weight is 298 g/mol. The molecule has 1 aliphatic rings. The highest BCUT2D eigenvalue weighted by atomic mass is 16.3. The van der Waals surface area contributed by atoms with Gasteiger partial charge in [-0.05, 0) is 32.1 Å². The van der Waals surface area contributed by atoms with Crippen molar-refractivity contribution in [3.05, 3.63) is 41.9 Å². The third-order valence-corrected chi connectivity index (χ3v) is 3.67. The third kappa shape index (κ3) is 2.53. The van der Waals surface area contributed by atoms with Crippen LogP contribution in [0.25, 0.3) is 11.0 Å². The van der Waals surface area contributed by atoms with Crippen LogP contribution in [-0.2, 0) is 4.79 Å². The molecule has 2 aromatic rings. The number of benzene rings is 1. The van der Waals surface area contributed by atoms with E-state index in [0.717, 1.165) is 11.0 Å². The van der Waals surface area contributed by atoms with Gasteiger partial charge in [-0.1, -0.05) is 12.1 Å². The second-order valence-corrected chi connectivity index (χ2v) is 5.91. The van der Waals surface area contributed by atoms with Gasteiger partial charge in [0.15, 0.2) is 5.82 Å². The van der Waals surface area contributed by atoms with Crippen LogP contribution in [0.1, 0.15) is 19.7 Å². The van der Waals surface area contributed by atoms with E-state index in [-0.39, 0.29) is 12.5 Å². The number of aromatic nitrogens is 2. The van der Waals surface area contributed by atoms with E-state index in [4.69, 9.17) is 0 Å². The summed E-state index contributed by atoms with van der Waals surface area (Å²) in [4.78, 5) is 24.3. The van der Waals surface area contributed by atoms with Crippen molar-refractivity contribution in [1.82, 2.24) is 15.3 Å². The van der Waals surface area contributed by atoms with Gasteiger partial charge < -0.3 is 15.4 Å². The minimum Gasteiger partial charge on any atom is -0.395 e. The molecule has 0 spiro atoms. The molecule has 0 bridgehead atoms. The maximum Gasteiger partial charge on any atom is 0.232 e. The standard InChI is InChI=1S/C16H18N4O2/c1-16(2,9-21)15(22)20-12-7-8-17-13(12)14-18-10-5-3-4-6-11(10)19-14/h3-7,21H,8-9H2,1-2H3,(H,18,19)(H,20,22). The number of aliphatic imine (C=N–C) groups is 1. The summed E-state index contributed by atoms with van der Waals surface area (Å²) in [7, 11) is 0. The van der Waals surface area contributed by atoms with E-state index in [1.54, 1.807) is 13.8 Å². The maximum absolute atomic E-state index is 12.2. The van der Waals surface area contributed by atoms with Crippen LogP contribution >= 0.6 is 0 Å². The number of carbonyl (C=O) groups is 1. The molecule has 6 heteroatoms. The Morgan fingerprint density at radius 2 is 2.18 bits per heavy atom. The number of carbonyl (C=O) groups excluding carboxylic acids is 1. The van der Waals surface area contributed by atoms with Crippen LogP contribution in [0.5, 0.6) is 0 Å². The van der Waals surface area contributed by atoms with Crippen LogP contribution in [0.3, 0.4) is 0 Å². The lowest BCUT2D eigenvalue weighted by Gasteiger charge is -2.21. The Hall–Kier alpha value is -2.47. The molecule has 0 fully saturated rings. The molecule has 2 heterocycles. The molecule has 114 valence electrons. The lowest BCUT2D eigenvalue weighted by Crippen LogP contribution is -2.40. The van der Waals surface area contributed by atoms with Gasteiger partial charge in [0, 0.05) is 0 Å². The van der Waals surface area contributed by atoms with Crippen LogP contribution in [-0.4, -0.2) is 39.8 Å². The molecule has 0 radical (unpaired) electrons. The second kappa shape index (κ2) is 5.38. The number of aromatic amines is 1. The Kier molecular flexibility index (Phi) is 3.54. The SMILES string of the molecule is CC(C)(CO)C(=O)NC1=CCN=C1c1nc2ccccc2[nH]1. The predicted octanol–water partition coefficient (Wildman–Crippen LogP) is 1.38. The van der Waals surface area contributed by atoms with Gasteiger partial charge >= 0.3 is 0 Å². The monoisotopic (exact) mass is 298 g/mol. The first-order chi connectivity index (χ1) is 10.5. The largest absolute Gasteiger partial charge is 0.395 e. The molecule has 1 aromatic heterocycles. The molecule has 22 heavy (non-hydrogen) atoms. The number of nitrogens with zero attached hydrogens (tertiary/aromatic N) is 2. The highest BCUT2D eigenvalue weighted by Gasteiger charge is 2.29. The predicted molar refractivity (Wildman–Crippen MR) is 84.6 cm³/mol. The summed E-state index contributed by atoms with van der Waals surface area (Å²) in [6, 6.07) is 7.72. The molecule has 3 N–H and O–H groups in total. The Labute approximate surface area is 128 Å². The molecule has 0 aliphatic carbocycles. The summed E-state index contributed by atoms with van der Waals surface area (Å²) >= 11 is 0. The van der Waals surface area contributed by atoms with Crippen LogP contribution in [0, 0.1) is 5.41 Å². The zero-order chi connectivity index (χ0) is 15.7. The zero-order valence-electron chi connectivity index (χ0n) is 12.6. The zero-order valence-corrected chi connectivity index (χ0v) is 12.6. The number of hydrogen-bond donors (Lipinski definition) is 3. The number of allylic oxidation sites excluding steroid dienone is 1. The van der Waals surface area contributed by atoms with Gasteiger partial charge in [0.1, 0.15) is 5.71 Å². The van der Waals surface area contributed by atoms with E-state index in [9.17, 15) is 9.90 Å². The van der Waals surface area contributed by atoms with Crippen LogP contribution in [0.2, 0.25) is 0 Å². The van der Waals surface area contributed by atoms with Gasteiger partial charge in [0.25, 0.3) is 0 Å². The number of imidazole rings is 1. The molecule has 0 unspecified atom stereocenters. The highest BCUT2D eigenvalue weighted by Crippen LogP contribution is 2.18. The number of hydrogen-bond acceptors (Lipinski definition) is 4. The van der Waals surface area contributed by atoms with E-state index in [1.807, 2.05) is 30.3 Å². The number of fused-ring (bicyclic) bond motifs is 1. The number of aliphatic hydroxyl groups excluding tert-OH is 1. The van der Waals surface area contributed by atoms with Gasteiger partial charge in [-0.3, -0.25) is 9.79 Å². The highest BCUT2D eigenvalue weighted by molar-refractivity contribution is 6.14. The van der Waals surface area contributed by atoms with Crippen molar-refractivity contribution in [2.45, 2.75) is 13.8 Å². The van der Waals surface area contributed by atoms with E-state index in [1.165, 1.54) is 0 Å². The fourth-order valence-corrected chi connectivity index (χ4v) is 2.15. The minimum absolute atomic E-state index is 0.219. The van der Waals surface area contributed by atoms with Crippen molar-refractivity contribution >= 4 is 22.7 Å². The van der Waals surface area contributed by atoms with Gasteiger partial charge in [-0.2, -0.15) is 0 Å². The number of rotatable bonds is 4. The van der Waals surface area contributed by atoms with Crippen LogP contribution in [0.4, 0.5) is 0 Å². The number of H-pyrrole nitrogens is 1. The number of nitrogens with one attached hydrogen (secondary N) is 2. The van der Waals surface area contributed by atoms with Crippen LogP contribution < -0.4 is 5.32 Å². The molecular weight excluding hydrogens is 280 g/mol. The summed E-state index contributed by atoms with van der Waals surface area (Å²) in [5.41, 5.74) is 2.20. The van der Waals surface area contributed by atoms with Crippen molar-refractivity contribution in [3.63, 3.8) is 0 Å². The summed E-state index contributed by atoms with van der Waals surface area (Å²) in [5.74, 6) is 0.388. The summed E-state index contributed by atoms with van der Waals surface area (Å²) in [5, 5.41) is 12.1. The first kappa shape index (κ1) is 14.5. The van der Waals surface area contributed by atoms with Gasteiger partial charge in [-0.15, -0.1) is 0 Å². The Balaban J connectivity index is 1.86. The fraction of sp³-hybridized carbons (Fsp3) is 0.312. The van der Waals surface area contributed by atoms with Gasteiger partial charge in [0.05, 0.1) is 35.3 Å². The summed E-state index contributed by atoms with van der Waals surface area (Å²) in [6.45, 7) is 3.66. The van der Waals surface area contributed by atoms with E-state index in [0.29, 0.717) is 23.8 Å². The number of amides is 1. The molecule has 1 amide bonds. The summed E-state index contributed by atoms with van der Waals surface area (Å²) < 4.78 is 0. The normalized spacial score (nSPS) is 14.9. The first-order valence-corrected chi connectivity index (χ1v) is 7.14. The molecule has 0 saturated carbocycles. The molecule has 0 atom stereocenters. The van der Waals surface area contributed by atoms with Crippen molar-refractivity contribution in [2.24, 2.45) is 10.4 Å². The van der Waals surface area contributed by atoms with Crippen LogP contribution in [0.15, 0.2) is 41.0 Å². The number of para-hydroxylation sites is 2. The van der Waals surface area contributed by atoms with Crippen molar-refractivity contribution in [3.8, 4) is 0 Å². The number of aliphatic hydroxyl groups is 1. The average Bonchev–Trinajstić information content (AvgIpc) is 3.12. The molecule has 0 saturated heterocycles. The lowest BCUT2D eigenvalue weighted by atomic mass is 9.93. The topological polar surface area (TPSA) is 90.4 Å². The van der Waals surface area contributed by atoms with Crippen molar-refractivity contribution < 1.29 is 9.90 Å². The second-order valence-electron chi connectivity index (χ2n) is 5.91. The van der Waals surface area contributed by atoms with E-state index >= 15 is 0 Å².